The first-order valence-electron chi connectivity index (χ1n) is 4.05. The van der Waals surface area contributed by atoms with Crippen molar-refractivity contribution in [3.63, 3.8) is 0 Å². The van der Waals surface area contributed by atoms with Gasteiger partial charge in [0.05, 0.1) is 5.69 Å². The van der Waals surface area contributed by atoms with Crippen LogP contribution in [0, 0.1) is 6.92 Å². The highest BCUT2D eigenvalue weighted by atomic mass is 14.8. The molecule has 13 heavy (non-hydrogen) atoms. The normalized spacial score (nSPS) is 9.92. The first-order valence-corrected chi connectivity index (χ1v) is 4.05. The van der Waals surface area contributed by atoms with Gasteiger partial charge in [-0.2, -0.15) is 0 Å². The Hall–Kier alpha value is -1.77. The largest absolute Gasteiger partial charge is 0.253 e. The summed E-state index contributed by atoms with van der Waals surface area (Å²) in [5.74, 6) is 0. The van der Waals surface area contributed by atoms with Crippen molar-refractivity contribution in [3.05, 3.63) is 42.6 Å². The minimum atomic E-state index is 0.917. The quantitative estimate of drug-likeness (QED) is 0.657. The van der Waals surface area contributed by atoms with Gasteiger partial charge in [0.1, 0.15) is 6.33 Å². The predicted octanol–water partition coefficient (Wildman–Crippen LogP) is 1.85. The van der Waals surface area contributed by atoms with Crippen LogP contribution in [0.3, 0.4) is 0 Å². The molecule has 0 radical (unpaired) electrons. The van der Waals surface area contributed by atoms with Gasteiger partial charge in [-0.05, 0) is 19.1 Å². The Kier molecular flexibility index (Phi) is 2.00. The summed E-state index contributed by atoms with van der Waals surface area (Å²) >= 11 is 0. The SMILES string of the molecule is Cc1cccc(-c2cncnc2)n1. The third-order valence-corrected chi connectivity index (χ3v) is 1.74. The zero-order chi connectivity index (χ0) is 9.10. The van der Waals surface area contributed by atoms with E-state index in [-0.39, 0.29) is 0 Å². The Labute approximate surface area is 76.5 Å². The molecule has 2 rings (SSSR count). The summed E-state index contributed by atoms with van der Waals surface area (Å²) in [5, 5.41) is 0. The number of aryl methyl sites for hydroxylation is 1. The van der Waals surface area contributed by atoms with E-state index in [1.807, 2.05) is 25.1 Å². The lowest BCUT2D eigenvalue weighted by molar-refractivity contribution is 1.14. The van der Waals surface area contributed by atoms with E-state index >= 15 is 0 Å². The van der Waals surface area contributed by atoms with Gasteiger partial charge in [-0.25, -0.2) is 9.97 Å². The maximum absolute atomic E-state index is 4.36. The van der Waals surface area contributed by atoms with Gasteiger partial charge in [0, 0.05) is 23.7 Å². The van der Waals surface area contributed by atoms with Crippen LogP contribution in [0.15, 0.2) is 36.9 Å². The molecule has 2 heterocycles. The standard InChI is InChI=1S/C10H9N3/c1-8-3-2-4-10(13-8)9-5-11-7-12-6-9/h2-7H,1H3. The molecule has 0 saturated carbocycles. The Balaban J connectivity index is 2.48. The maximum atomic E-state index is 4.36. The van der Waals surface area contributed by atoms with Crippen molar-refractivity contribution in [2.45, 2.75) is 6.92 Å². The number of rotatable bonds is 1. The maximum Gasteiger partial charge on any atom is 0.115 e. The molecule has 2 aromatic rings. The highest BCUT2D eigenvalue weighted by Crippen LogP contribution is 2.13. The fraction of sp³-hybridized carbons (Fsp3) is 0.100. The molecule has 0 atom stereocenters. The van der Waals surface area contributed by atoms with Crippen LogP contribution in [0.2, 0.25) is 0 Å². The summed E-state index contributed by atoms with van der Waals surface area (Å²) < 4.78 is 0. The van der Waals surface area contributed by atoms with Gasteiger partial charge in [0.2, 0.25) is 0 Å². The van der Waals surface area contributed by atoms with E-state index in [0.29, 0.717) is 0 Å². The Morgan fingerprint density at radius 2 is 1.85 bits per heavy atom. The topological polar surface area (TPSA) is 38.7 Å². The summed E-state index contributed by atoms with van der Waals surface area (Å²) in [4.78, 5) is 12.2. The number of nitrogens with zero attached hydrogens (tertiary/aromatic N) is 3. The summed E-state index contributed by atoms with van der Waals surface area (Å²) in [6.45, 7) is 1.97. The van der Waals surface area contributed by atoms with Crippen molar-refractivity contribution in [1.82, 2.24) is 15.0 Å². The molecule has 0 aliphatic heterocycles. The van der Waals surface area contributed by atoms with Gasteiger partial charge in [-0.1, -0.05) is 6.07 Å². The third kappa shape index (κ3) is 1.69. The Morgan fingerprint density at radius 3 is 2.54 bits per heavy atom. The molecule has 0 saturated heterocycles. The molecule has 0 spiro atoms. The molecule has 0 unspecified atom stereocenters. The van der Waals surface area contributed by atoms with Gasteiger partial charge >= 0.3 is 0 Å². The molecule has 64 valence electrons. The smallest absolute Gasteiger partial charge is 0.115 e. The summed E-state index contributed by atoms with van der Waals surface area (Å²) in [5.41, 5.74) is 2.87. The van der Waals surface area contributed by atoms with Gasteiger partial charge in [0.15, 0.2) is 0 Å². The third-order valence-electron chi connectivity index (χ3n) is 1.74. The van der Waals surface area contributed by atoms with E-state index in [0.717, 1.165) is 17.0 Å². The van der Waals surface area contributed by atoms with Crippen molar-refractivity contribution in [1.29, 1.82) is 0 Å². The fourth-order valence-corrected chi connectivity index (χ4v) is 1.14. The van der Waals surface area contributed by atoms with Gasteiger partial charge in [-0.15, -0.1) is 0 Å². The average Bonchev–Trinajstić information content (AvgIpc) is 2.19. The van der Waals surface area contributed by atoms with E-state index in [9.17, 15) is 0 Å². The number of hydrogen-bond donors (Lipinski definition) is 0. The lowest BCUT2D eigenvalue weighted by Gasteiger charge is -1.99. The summed E-state index contributed by atoms with van der Waals surface area (Å²) in [7, 11) is 0. The van der Waals surface area contributed by atoms with Crippen molar-refractivity contribution >= 4 is 0 Å². The van der Waals surface area contributed by atoms with E-state index in [1.165, 1.54) is 6.33 Å². The zero-order valence-corrected chi connectivity index (χ0v) is 7.31. The van der Waals surface area contributed by atoms with Crippen molar-refractivity contribution < 1.29 is 0 Å². The van der Waals surface area contributed by atoms with Crippen LogP contribution in [-0.4, -0.2) is 15.0 Å². The molecule has 0 amide bonds. The van der Waals surface area contributed by atoms with Crippen LogP contribution >= 0.6 is 0 Å². The lowest BCUT2D eigenvalue weighted by Crippen LogP contribution is -1.87. The Bertz CT molecular complexity index is 398. The first-order chi connectivity index (χ1) is 6.36. The number of aromatic nitrogens is 3. The minimum absolute atomic E-state index is 0.917. The van der Waals surface area contributed by atoms with Crippen LogP contribution in [-0.2, 0) is 0 Å². The van der Waals surface area contributed by atoms with E-state index in [2.05, 4.69) is 15.0 Å². The Morgan fingerprint density at radius 1 is 1.08 bits per heavy atom. The van der Waals surface area contributed by atoms with E-state index in [1.54, 1.807) is 12.4 Å². The second kappa shape index (κ2) is 3.31. The zero-order valence-electron chi connectivity index (χ0n) is 7.31. The van der Waals surface area contributed by atoms with Crippen LogP contribution in [0.4, 0.5) is 0 Å². The average molecular weight is 171 g/mol. The lowest BCUT2D eigenvalue weighted by atomic mass is 10.2. The molecule has 0 aliphatic rings. The van der Waals surface area contributed by atoms with Gasteiger partial charge in [0.25, 0.3) is 0 Å². The van der Waals surface area contributed by atoms with E-state index < -0.39 is 0 Å². The molecule has 3 heteroatoms. The van der Waals surface area contributed by atoms with Crippen LogP contribution in [0.1, 0.15) is 5.69 Å². The monoisotopic (exact) mass is 171 g/mol. The van der Waals surface area contributed by atoms with Crippen molar-refractivity contribution in [2.24, 2.45) is 0 Å². The van der Waals surface area contributed by atoms with E-state index in [4.69, 9.17) is 0 Å². The van der Waals surface area contributed by atoms with Gasteiger partial charge in [-0.3, -0.25) is 4.98 Å². The number of pyridine rings is 1. The molecule has 3 nitrogen and oxygen atoms in total. The first kappa shape index (κ1) is 7.86. The highest BCUT2D eigenvalue weighted by Gasteiger charge is 1.97. The van der Waals surface area contributed by atoms with Crippen molar-refractivity contribution in [3.8, 4) is 11.3 Å². The van der Waals surface area contributed by atoms with Crippen LogP contribution in [0.5, 0.6) is 0 Å². The summed E-state index contributed by atoms with van der Waals surface area (Å²) in [6.07, 6.45) is 5.03. The van der Waals surface area contributed by atoms with Gasteiger partial charge < -0.3 is 0 Å². The predicted molar refractivity (Wildman–Crippen MR) is 50.0 cm³/mol. The minimum Gasteiger partial charge on any atom is -0.253 e. The van der Waals surface area contributed by atoms with Crippen LogP contribution < -0.4 is 0 Å². The fourth-order valence-electron chi connectivity index (χ4n) is 1.14. The molecular formula is C10H9N3. The molecule has 0 aliphatic carbocycles. The molecular weight excluding hydrogens is 162 g/mol. The second-order valence-electron chi connectivity index (χ2n) is 2.79. The number of hydrogen-bond acceptors (Lipinski definition) is 3. The van der Waals surface area contributed by atoms with Crippen LogP contribution in [0.25, 0.3) is 11.3 Å². The summed E-state index contributed by atoms with van der Waals surface area (Å²) in [6, 6.07) is 5.89. The molecule has 0 fully saturated rings. The highest BCUT2D eigenvalue weighted by molar-refractivity contribution is 5.56. The molecule has 0 N–H and O–H groups in total. The molecule has 2 aromatic heterocycles. The second-order valence-corrected chi connectivity index (χ2v) is 2.79. The molecule has 0 bridgehead atoms. The van der Waals surface area contributed by atoms with Crippen molar-refractivity contribution in [2.75, 3.05) is 0 Å². The molecule has 0 aromatic carbocycles.